The molecule has 172 valence electrons. The summed E-state index contributed by atoms with van der Waals surface area (Å²) in [6.07, 6.45) is 6.94. The van der Waals surface area contributed by atoms with E-state index in [2.05, 4.69) is 58.3 Å². The van der Waals surface area contributed by atoms with Crippen LogP contribution in [0.4, 0.5) is 0 Å². The van der Waals surface area contributed by atoms with E-state index in [1.54, 1.807) is 0 Å². The lowest BCUT2D eigenvalue weighted by atomic mass is 9.77. The fraction of sp³-hybridized carbons (Fsp3) is 0.517. The number of amides is 2. The van der Waals surface area contributed by atoms with Gasteiger partial charge in [-0.1, -0.05) is 54.6 Å². The van der Waals surface area contributed by atoms with Crippen LogP contribution in [0, 0.1) is 17.3 Å². The molecule has 6 rings (SSSR count). The van der Waals surface area contributed by atoms with E-state index >= 15 is 0 Å². The maximum absolute atomic E-state index is 13.1. The monoisotopic (exact) mass is 442 g/mol. The molecule has 2 aliphatic heterocycles. The second-order valence-electron chi connectivity index (χ2n) is 11.0. The number of carbonyl (C=O) groups excluding carboxylic acids is 2. The van der Waals surface area contributed by atoms with Gasteiger partial charge in [-0.2, -0.15) is 0 Å². The number of benzene rings is 2. The summed E-state index contributed by atoms with van der Waals surface area (Å²) in [4.78, 5) is 30.4. The van der Waals surface area contributed by atoms with Crippen LogP contribution in [-0.2, 0) is 22.4 Å². The summed E-state index contributed by atoms with van der Waals surface area (Å²) in [6, 6.07) is 19.1. The van der Waals surface area contributed by atoms with Crippen LogP contribution in [0.2, 0.25) is 0 Å². The molecule has 0 aromatic heterocycles. The molecule has 0 radical (unpaired) electrons. The topological polar surface area (TPSA) is 40.6 Å². The quantitative estimate of drug-likeness (QED) is 0.703. The van der Waals surface area contributed by atoms with Crippen molar-refractivity contribution in [3.8, 4) is 0 Å². The van der Waals surface area contributed by atoms with Crippen LogP contribution in [0.25, 0.3) is 0 Å². The summed E-state index contributed by atoms with van der Waals surface area (Å²) in [6.45, 7) is 3.50. The van der Waals surface area contributed by atoms with E-state index in [9.17, 15) is 9.59 Å². The van der Waals surface area contributed by atoms with Crippen molar-refractivity contribution < 1.29 is 9.59 Å². The van der Waals surface area contributed by atoms with Crippen LogP contribution in [0.15, 0.2) is 54.6 Å². The first-order valence-electron chi connectivity index (χ1n) is 12.8. The zero-order valence-electron chi connectivity index (χ0n) is 19.4. The minimum atomic E-state index is 0.180. The molecule has 4 aliphatic rings. The van der Waals surface area contributed by atoms with Crippen molar-refractivity contribution in [2.24, 2.45) is 17.3 Å². The van der Waals surface area contributed by atoms with E-state index in [1.807, 2.05) is 6.07 Å². The molecule has 33 heavy (non-hydrogen) atoms. The Morgan fingerprint density at radius 3 is 2.09 bits per heavy atom. The third-order valence-corrected chi connectivity index (χ3v) is 8.86. The normalized spacial score (nSPS) is 25.9. The Balaban J connectivity index is 0.991. The third-order valence-electron chi connectivity index (χ3n) is 8.86. The smallest absolute Gasteiger partial charge is 0.226 e. The molecule has 2 unspecified atom stereocenters. The lowest BCUT2D eigenvalue weighted by Crippen LogP contribution is -2.45. The van der Waals surface area contributed by atoms with Gasteiger partial charge in [-0.15, -0.1) is 0 Å². The highest BCUT2D eigenvalue weighted by Crippen LogP contribution is 2.50. The van der Waals surface area contributed by atoms with Crippen molar-refractivity contribution in [2.75, 3.05) is 26.2 Å². The van der Waals surface area contributed by atoms with E-state index in [-0.39, 0.29) is 11.3 Å². The highest BCUT2D eigenvalue weighted by molar-refractivity contribution is 5.83. The molecule has 0 N–H and O–H groups in total. The molecule has 1 spiro atoms. The molecule has 4 nitrogen and oxygen atoms in total. The number of rotatable bonds is 4. The number of hydrogen-bond acceptors (Lipinski definition) is 2. The van der Waals surface area contributed by atoms with Gasteiger partial charge in [-0.25, -0.2) is 0 Å². The molecule has 2 heterocycles. The second-order valence-corrected chi connectivity index (χ2v) is 11.0. The molecule has 2 amide bonds. The van der Waals surface area contributed by atoms with Crippen LogP contribution >= 0.6 is 0 Å². The van der Waals surface area contributed by atoms with E-state index in [4.69, 9.17) is 0 Å². The maximum atomic E-state index is 13.1. The predicted octanol–water partition coefficient (Wildman–Crippen LogP) is 4.44. The van der Waals surface area contributed by atoms with Crippen LogP contribution < -0.4 is 0 Å². The van der Waals surface area contributed by atoms with Crippen molar-refractivity contribution in [3.05, 3.63) is 71.3 Å². The highest BCUT2D eigenvalue weighted by atomic mass is 16.2. The van der Waals surface area contributed by atoms with Gasteiger partial charge in [-0.05, 0) is 72.5 Å². The number of carbonyl (C=O) groups is 2. The van der Waals surface area contributed by atoms with Crippen LogP contribution in [-0.4, -0.2) is 47.8 Å². The molecule has 4 heteroatoms. The minimum absolute atomic E-state index is 0.180. The highest BCUT2D eigenvalue weighted by Gasteiger charge is 2.49. The van der Waals surface area contributed by atoms with Gasteiger partial charge in [0.25, 0.3) is 0 Å². The van der Waals surface area contributed by atoms with E-state index in [1.165, 1.54) is 16.7 Å². The summed E-state index contributed by atoms with van der Waals surface area (Å²) in [7, 11) is 0. The number of likely N-dealkylation sites (tertiary alicyclic amines) is 2. The predicted molar refractivity (Wildman–Crippen MR) is 129 cm³/mol. The molecule has 2 aromatic rings. The number of fused-ring (bicyclic) bond motifs is 1. The molecule has 2 atom stereocenters. The summed E-state index contributed by atoms with van der Waals surface area (Å²) < 4.78 is 0. The molecule has 2 saturated heterocycles. The molecule has 0 bridgehead atoms. The average Bonchev–Trinajstić information content (AvgIpc) is 3.39. The Labute approximate surface area is 197 Å². The first-order chi connectivity index (χ1) is 16.1. The molecule has 1 saturated carbocycles. The van der Waals surface area contributed by atoms with Crippen molar-refractivity contribution in [1.82, 2.24) is 9.80 Å². The Hall–Kier alpha value is -2.62. The largest absolute Gasteiger partial charge is 0.343 e. The molecular formula is C29H34N2O2. The van der Waals surface area contributed by atoms with Gasteiger partial charge in [-0.3, -0.25) is 9.59 Å². The van der Waals surface area contributed by atoms with Gasteiger partial charge < -0.3 is 9.80 Å². The second kappa shape index (κ2) is 8.30. The van der Waals surface area contributed by atoms with Crippen LogP contribution in [0.3, 0.4) is 0 Å². The van der Waals surface area contributed by atoms with Crippen molar-refractivity contribution in [2.45, 2.75) is 50.9 Å². The van der Waals surface area contributed by atoms with Crippen molar-refractivity contribution in [1.29, 1.82) is 0 Å². The molecular weight excluding hydrogens is 408 g/mol. The molecule has 3 fully saturated rings. The average molecular weight is 443 g/mol. The van der Waals surface area contributed by atoms with Crippen molar-refractivity contribution in [3.63, 3.8) is 0 Å². The van der Waals surface area contributed by atoms with Crippen LogP contribution in [0.5, 0.6) is 0 Å². The number of piperidine rings is 1. The summed E-state index contributed by atoms with van der Waals surface area (Å²) in [5.41, 5.74) is 4.39. The van der Waals surface area contributed by atoms with Crippen LogP contribution in [0.1, 0.15) is 54.7 Å². The summed E-state index contributed by atoms with van der Waals surface area (Å²) in [5.74, 6) is 1.75. The Bertz CT molecular complexity index is 1020. The van der Waals surface area contributed by atoms with Gasteiger partial charge in [0, 0.05) is 38.5 Å². The third kappa shape index (κ3) is 4.09. The lowest BCUT2D eigenvalue weighted by Gasteiger charge is -2.39. The van der Waals surface area contributed by atoms with Crippen molar-refractivity contribution >= 4 is 11.8 Å². The number of hydrogen-bond donors (Lipinski definition) is 0. The first-order valence-corrected chi connectivity index (χ1v) is 12.8. The zero-order valence-corrected chi connectivity index (χ0v) is 19.4. The van der Waals surface area contributed by atoms with Gasteiger partial charge in [0.2, 0.25) is 11.8 Å². The SMILES string of the molecule is O=C(CC1Cc2ccccc2C1)N1CCC2(CC1)CCN(C(=O)C1CC1c1ccccc1)C2. The Kier molecular flexibility index (Phi) is 5.27. The standard InChI is InChI=1S/C29H34N2O2/c32-27(18-21-16-23-8-4-5-9-24(23)17-21)30-13-10-29(11-14-30)12-15-31(20-29)28(33)26-19-25(26)22-6-2-1-3-7-22/h1-9,21,25-26H,10-20H2. The van der Waals surface area contributed by atoms with Gasteiger partial charge in [0.1, 0.15) is 0 Å². The summed E-state index contributed by atoms with van der Waals surface area (Å²) >= 11 is 0. The van der Waals surface area contributed by atoms with Gasteiger partial charge in [0.15, 0.2) is 0 Å². The van der Waals surface area contributed by atoms with E-state index in [0.29, 0.717) is 30.1 Å². The van der Waals surface area contributed by atoms with Gasteiger partial charge >= 0.3 is 0 Å². The fourth-order valence-electron chi connectivity index (χ4n) is 6.70. The molecule has 2 aromatic carbocycles. The van der Waals surface area contributed by atoms with Gasteiger partial charge in [0.05, 0.1) is 0 Å². The molecule has 2 aliphatic carbocycles. The van der Waals surface area contributed by atoms with E-state index in [0.717, 1.165) is 64.7 Å². The first kappa shape index (κ1) is 20.9. The zero-order chi connectivity index (χ0) is 22.4. The van der Waals surface area contributed by atoms with E-state index < -0.39 is 0 Å². The number of nitrogens with zero attached hydrogens (tertiary/aromatic N) is 2. The Morgan fingerprint density at radius 2 is 1.42 bits per heavy atom. The fourth-order valence-corrected chi connectivity index (χ4v) is 6.70. The lowest BCUT2D eigenvalue weighted by molar-refractivity contribution is -0.135. The minimum Gasteiger partial charge on any atom is -0.343 e. The maximum Gasteiger partial charge on any atom is 0.226 e. The summed E-state index contributed by atoms with van der Waals surface area (Å²) in [5, 5.41) is 0. The Morgan fingerprint density at radius 1 is 0.818 bits per heavy atom.